The van der Waals surface area contributed by atoms with E-state index in [1.54, 1.807) is 6.20 Å². The van der Waals surface area contributed by atoms with Crippen LogP contribution >= 0.6 is 24.8 Å². The van der Waals surface area contributed by atoms with E-state index in [1.165, 1.54) is 19.3 Å². The van der Waals surface area contributed by atoms with Crippen LogP contribution in [0.5, 0.6) is 0 Å². The first kappa shape index (κ1) is 17.4. The van der Waals surface area contributed by atoms with E-state index in [1.807, 2.05) is 18.2 Å². The Morgan fingerprint density at radius 3 is 2.83 bits per heavy atom. The van der Waals surface area contributed by atoms with E-state index < -0.39 is 0 Å². The molecule has 2 heterocycles. The SMILES string of the molecule is Cl.Cl.N=c1nccccc1CCC1CCCCN1. The Morgan fingerprint density at radius 1 is 1.28 bits per heavy atom. The minimum Gasteiger partial charge on any atom is -0.314 e. The summed E-state index contributed by atoms with van der Waals surface area (Å²) in [6.45, 7) is 1.15. The predicted molar refractivity (Wildman–Crippen MR) is 78.6 cm³/mol. The molecule has 0 spiro atoms. The normalized spacial score (nSPS) is 18.3. The molecule has 0 aromatic carbocycles. The maximum absolute atomic E-state index is 7.78. The molecule has 0 saturated carbocycles. The highest BCUT2D eigenvalue weighted by Crippen LogP contribution is 2.11. The van der Waals surface area contributed by atoms with E-state index in [2.05, 4.69) is 10.3 Å². The second-order valence-electron chi connectivity index (χ2n) is 4.39. The Kier molecular flexibility index (Phi) is 8.98. The third-order valence-electron chi connectivity index (χ3n) is 3.18. The number of aryl methyl sites for hydroxylation is 1. The molecule has 0 aliphatic carbocycles. The van der Waals surface area contributed by atoms with Crippen molar-refractivity contribution in [2.24, 2.45) is 0 Å². The van der Waals surface area contributed by atoms with Gasteiger partial charge in [0, 0.05) is 12.2 Å². The Balaban J connectivity index is 0.00000144. The van der Waals surface area contributed by atoms with Crippen LogP contribution in [0.25, 0.3) is 0 Å². The average molecular weight is 290 g/mol. The number of nitrogens with zero attached hydrogens (tertiary/aromatic N) is 1. The van der Waals surface area contributed by atoms with Gasteiger partial charge in [-0.25, -0.2) is 4.98 Å². The monoisotopic (exact) mass is 289 g/mol. The van der Waals surface area contributed by atoms with E-state index in [0.717, 1.165) is 24.9 Å². The molecule has 1 aromatic heterocycles. The molecule has 1 aliphatic rings. The molecule has 18 heavy (non-hydrogen) atoms. The fourth-order valence-corrected chi connectivity index (χ4v) is 2.20. The van der Waals surface area contributed by atoms with E-state index in [-0.39, 0.29) is 24.8 Å². The zero-order valence-electron chi connectivity index (χ0n) is 10.4. The lowest BCUT2D eigenvalue weighted by Crippen LogP contribution is -2.34. The number of hydrogen-bond donors (Lipinski definition) is 2. The molecule has 2 N–H and O–H groups in total. The lowest BCUT2D eigenvalue weighted by atomic mass is 9.99. The quantitative estimate of drug-likeness (QED) is 0.898. The zero-order chi connectivity index (χ0) is 11.2. The van der Waals surface area contributed by atoms with Crippen LogP contribution in [-0.4, -0.2) is 17.6 Å². The third-order valence-corrected chi connectivity index (χ3v) is 3.18. The number of piperidine rings is 1. The van der Waals surface area contributed by atoms with Crippen molar-refractivity contribution in [3.05, 3.63) is 35.4 Å². The molecule has 0 radical (unpaired) electrons. The van der Waals surface area contributed by atoms with Crippen molar-refractivity contribution in [1.82, 2.24) is 10.3 Å². The maximum atomic E-state index is 7.78. The molecule has 1 atom stereocenters. The maximum Gasteiger partial charge on any atom is 0.147 e. The second-order valence-corrected chi connectivity index (χ2v) is 4.39. The highest BCUT2D eigenvalue weighted by Gasteiger charge is 2.12. The van der Waals surface area contributed by atoms with Gasteiger partial charge in [-0.05, 0) is 43.9 Å². The summed E-state index contributed by atoms with van der Waals surface area (Å²) >= 11 is 0. The fraction of sp³-hybridized carbons (Fsp3) is 0.538. The number of rotatable bonds is 3. The molecule has 0 bridgehead atoms. The summed E-state index contributed by atoms with van der Waals surface area (Å²) in [7, 11) is 0. The van der Waals surface area contributed by atoms with Crippen LogP contribution in [0.15, 0.2) is 24.4 Å². The molecular formula is C13H21Cl2N3. The van der Waals surface area contributed by atoms with Crippen molar-refractivity contribution in [2.75, 3.05) is 6.54 Å². The topological polar surface area (TPSA) is 48.8 Å². The van der Waals surface area contributed by atoms with Crippen molar-refractivity contribution >= 4 is 24.8 Å². The number of hydrogen-bond acceptors (Lipinski definition) is 3. The molecular weight excluding hydrogens is 269 g/mol. The van der Waals surface area contributed by atoms with Gasteiger partial charge in [0.05, 0.1) is 0 Å². The highest BCUT2D eigenvalue weighted by atomic mass is 35.5. The van der Waals surface area contributed by atoms with Gasteiger partial charge >= 0.3 is 0 Å². The molecule has 2 rings (SSSR count). The van der Waals surface area contributed by atoms with E-state index in [0.29, 0.717) is 11.5 Å². The first-order chi connectivity index (χ1) is 7.86. The Labute approximate surface area is 121 Å². The van der Waals surface area contributed by atoms with Gasteiger partial charge in [0.25, 0.3) is 0 Å². The van der Waals surface area contributed by atoms with E-state index in [9.17, 15) is 0 Å². The van der Waals surface area contributed by atoms with E-state index in [4.69, 9.17) is 5.41 Å². The van der Waals surface area contributed by atoms with Crippen LogP contribution in [0.1, 0.15) is 31.2 Å². The summed E-state index contributed by atoms with van der Waals surface area (Å²) in [5, 5.41) is 11.3. The molecule has 1 saturated heterocycles. The Bertz CT molecular complexity index is 392. The van der Waals surface area contributed by atoms with Crippen molar-refractivity contribution < 1.29 is 0 Å². The van der Waals surface area contributed by atoms with Crippen molar-refractivity contribution in [3.63, 3.8) is 0 Å². The molecule has 1 unspecified atom stereocenters. The molecule has 1 fully saturated rings. The lowest BCUT2D eigenvalue weighted by molar-refractivity contribution is 0.382. The number of nitrogens with one attached hydrogen (secondary N) is 2. The summed E-state index contributed by atoms with van der Waals surface area (Å²) in [5.74, 6) is 0. The first-order valence-electron chi connectivity index (χ1n) is 6.08. The zero-order valence-corrected chi connectivity index (χ0v) is 12.0. The molecule has 102 valence electrons. The van der Waals surface area contributed by atoms with Crippen molar-refractivity contribution in [2.45, 2.75) is 38.1 Å². The van der Waals surface area contributed by atoms with Crippen LogP contribution in [-0.2, 0) is 6.42 Å². The molecule has 0 amide bonds. The third kappa shape index (κ3) is 5.34. The van der Waals surface area contributed by atoms with Crippen LogP contribution in [0, 0.1) is 5.41 Å². The lowest BCUT2D eigenvalue weighted by Gasteiger charge is -2.23. The predicted octanol–water partition coefficient (Wildman–Crippen LogP) is 2.48. The van der Waals surface area contributed by atoms with Gasteiger partial charge in [-0.3, -0.25) is 5.41 Å². The molecule has 1 aliphatic heterocycles. The van der Waals surface area contributed by atoms with Crippen LogP contribution in [0.4, 0.5) is 0 Å². The smallest absolute Gasteiger partial charge is 0.147 e. The van der Waals surface area contributed by atoms with Crippen LogP contribution < -0.4 is 10.8 Å². The summed E-state index contributed by atoms with van der Waals surface area (Å²) in [4.78, 5) is 4.05. The van der Waals surface area contributed by atoms with Crippen molar-refractivity contribution in [3.8, 4) is 0 Å². The van der Waals surface area contributed by atoms with Crippen molar-refractivity contribution in [1.29, 1.82) is 5.41 Å². The highest BCUT2D eigenvalue weighted by molar-refractivity contribution is 5.85. The summed E-state index contributed by atoms with van der Waals surface area (Å²) in [6, 6.07) is 6.49. The fourth-order valence-electron chi connectivity index (χ4n) is 2.20. The van der Waals surface area contributed by atoms with Gasteiger partial charge in [-0.2, -0.15) is 0 Å². The van der Waals surface area contributed by atoms with E-state index >= 15 is 0 Å². The average Bonchev–Trinajstić information content (AvgIpc) is 2.53. The molecule has 1 aromatic rings. The Hall–Kier alpha value is -0.640. The standard InChI is InChI=1S/C13H19N3.2ClH/c14-13-11(5-1-3-10-16-13)7-8-12-6-2-4-9-15-12;;/h1,3,5,10,12,14-15H,2,4,6-9H2;2*1H. The number of aromatic nitrogens is 1. The van der Waals surface area contributed by atoms with Crippen LogP contribution in [0.3, 0.4) is 0 Å². The largest absolute Gasteiger partial charge is 0.314 e. The summed E-state index contributed by atoms with van der Waals surface area (Å²) in [6.07, 6.45) is 7.69. The summed E-state index contributed by atoms with van der Waals surface area (Å²) in [5.41, 5.74) is 1.47. The van der Waals surface area contributed by atoms with Gasteiger partial charge in [0.15, 0.2) is 0 Å². The Morgan fingerprint density at radius 2 is 2.11 bits per heavy atom. The second kappa shape index (κ2) is 9.31. The molecule has 5 heteroatoms. The minimum atomic E-state index is 0. The minimum absolute atomic E-state index is 0. The summed E-state index contributed by atoms with van der Waals surface area (Å²) < 4.78 is 0. The first-order valence-corrected chi connectivity index (χ1v) is 6.08. The number of halogens is 2. The molecule has 3 nitrogen and oxygen atoms in total. The van der Waals surface area contributed by atoms with Gasteiger partial charge in [0.1, 0.15) is 5.49 Å². The van der Waals surface area contributed by atoms with Crippen LogP contribution in [0.2, 0.25) is 0 Å². The van der Waals surface area contributed by atoms with Gasteiger partial charge in [-0.15, -0.1) is 24.8 Å². The van der Waals surface area contributed by atoms with Gasteiger partial charge in [-0.1, -0.05) is 18.6 Å². The van der Waals surface area contributed by atoms with Gasteiger partial charge in [0.2, 0.25) is 0 Å². The van der Waals surface area contributed by atoms with Gasteiger partial charge < -0.3 is 5.32 Å².